The highest BCUT2D eigenvalue weighted by atomic mass is 19.4. The predicted molar refractivity (Wildman–Crippen MR) is 97.8 cm³/mol. The number of fused-ring (bicyclic) bond motifs is 1. The van der Waals surface area contributed by atoms with Gasteiger partial charge in [0, 0.05) is 57.3 Å². The van der Waals surface area contributed by atoms with Gasteiger partial charge in [0.1, 0.15) is 11.6 Å². The van der Waals surface area contributed by atoms with Crippen LogP contribution in [0.25, 0.3) is 0 Å². The summed E-state index contributed by atoms with van der Waals surface area (Å²) in [6, 6.07) is 0.0863. The molecule has 0 aromatic carbocycles. The number of alkyl halides is 3. The molecular weight excluding hydrogens is 373 g/mol. The van der Waals surface area contributed by atoms with E-state index in [1.54, 1.807) is 7.05 Å². The minimum atomic E-state index is -4.49. The van der Waals surface area contributed by atoms with Crippen molar-refractivity contribution in [2.75, 3.05) is 7.05 Å². The van der Waals surface area contributed by atoms with Crippen LogP contribution in [0, 0.1) is 0 Å². The first-order chi connectivity index (χ1) is 13.2. The zero-order valence-electron chi connectivity index (χ0n) is 16.4. The Morgan fingerprint density at radius 3 is 2.75 bits per heavy atom. The van der Waals surface area contributed by atoms with Crippen LogP contribution in [-0.2, 0) is 32.7 Å². The molecule has 2 aromatic heterocycles. The normalized spacial score (nSPS) is 17.7. The zero-order valence-corrected chi connectivity index (χ0v) is 16.4. The van der Waals surface area contributed by atoms with Crippen LogP contribution < -0.4 is 10.6 Å². The van der Waals surface area contributed by atoms with Crippen molar-refractivity contribution >= 4 is 5.96 Å². The maximum atomic E-state index is 13.1. The molecule has 11 heteroatoms. The fraction of sp³-hybridized carbons (Fsp3) is 0.647. The van der Waals surface area contributed by atoms with Crippen LogP contribution in [0.2, 0.25) is 0 Å². The summed E-state index contributed by atoms with van der Waals surface area (Å²) in [7, 11) is 3.06. The Kier molecular flexibility index (Phi) is 5.61. The smallest absolute Gasteiger partial charge is 0.352 e. The zero-order chi connectivity index (χ0) is 20.5. The van der Waals surface area contributed by atoms with E-state index < -0.39 is 11.9 Å². The van der Waals surface area contributed by atoms with Crippen molar-refractivity contribution in [1.82, 2.24) is 35.2 Å². The Labute approximate surface area is 161 Å². The molecule has 0 aliphatic carbocycles. The largest absolute Gasteiger partial charge is 0.435 e. The summed E-state index contributed by atoms with van der Waals surface area (Å²) in [5, 5.41) is 18.3. The topological polar surface area (TPSA) is 84.9 Å². The van der Waals surface area contributed by atoms with E-state index >= 15 is 0 Å². The highest BCUT2D eigenvalue weighted by Gasteiger charge is 2.36. The highest BCUT2D eigenvalue weighted by molar-refractivity contribution is 5.80. The first-order valence-corrected chi connectivity index (χ1v) is 9.18. The van der Waals surface area contributed by atoms with Crippen molar-refractivity contribution in [3.05, 3.63) is 29.1 Å². The quantitative estimate of drug-likeness (QED) is 0.606. The molecule has 0 saturated heterocycles. The maximum absolute atomic E-state index is 13.1. The van der Waals surface area contributed by atoms with Gasteiger partial charge in [0.25, 0.3) is 0 Å². The first-order valence-electron chi connectivity index (χ1n) is 9.18. The van der Waals surface area contributed by atoms with Crippen LogP contribution in [0.3, 0.4) is 0 Å². The lowest BCUT2D eigenvalue weighted by Crippen LogP contribution is -2.47. The Morgan fingerprint density at radius 2 is 2.11 bits per heavy atom. The number of hydrogen-bond donors (Lipinski definition) is 2. The lowest BCUT2D eigenvalue weighted by molar-refractivity contribution is -0.142. The van der Waals surface area contributed by atoms with Crippen LogP contribution in [0.15, 0.2) is 11.2 Å². The van der Waals surface area contributed by atoms with Gasteiger partial charge in [-0.2, -0.15) is 18.3 Å². The molecule has 0 amide bonds. The monoisotopic (exact) mass is 398 g/mol. The van der Waals surface area contributed by atoms with E-state index in [2.05, 4.69) is 49.3 Å². The molecule has 0 saturated carbocycles. The van der Waals surface area contributed by atoms with E-state index in [1.165, 1.54) is 13.2 Å². The molecule has 3 rings (SSSR count). The molecule has 2 aromatic rings. The molecule has 2 N–H and O–H groups in total. The summed E-state index contributed by atoms with van der Waals surface area (Å²) in [6.07, 6.45) is -1.49. The third-order valence-electron chi connectivity index (χ3n) is 4.68. The van der Waals surface area contributed by atoms with Crippen molar-refractivity contribution in [2.45, 2.75) is 57.9 Å². The standard InChI is InChI=1S/C17H25F3N8/c1-10(2)15-25-24-13-6-5-12(9-28(13)15)23-16(21-3)22-7-11-8-27(4)26-14(11)17(18,19)20/h8,10,12H,5-7,9H2,1-4H3,(H2,21,22,23). The number of nitrogens with one attached hydrogen (secondary N) is 2. The molecule has 0 radical (unpaired) electrons. The van der Waals surface area contributed by atoms with Gasteiger partial charge in [-0.25, -0.2) is 0 Å². The average Bonchev–Trinajstić information content (AvgIpc) is 3.21. The van der Waals surface area contributed by atoms with Crippen LogP contribution >= 0.6 is 0 Å². The third-order valence-corrected chi connectivity index (χ3v) is 4.68. The second-order valence-corrected chi connectivity index (χ2v) is 7.22. The van der Waals surface area contributed by atoms with E-state index in [-0.39, 0.29) is 24.1 Å². The molecule has 1 aliphatic heterocycles. The second kappa shape index (κ2) is 7.80. The number of aromatic nitrogens is 5. The van der Waals surface area contributed by atoms with Gasteiger partial charge in [-0.1, -0.05) is 13.8 Å². The second-order valence-electron chi connectivity index (χ2n) is 7.22. The molecule has 3 heterocycles. The van der Waals surface area contributed by atoms with Crippen LogP contribution in [-0.4, -0.2) is 43.6 Å². The number of aryl methyl sites for hydroxylation is 2. The number of rotatable bonds is 4. The molecule has 0 fully saturated rings. The summed E-state index contributed by atoms with van der Waals surface area (Å²) in [5.41, 5.74) is -0.809. The molecule has 28 heavy (non-hydrogen) atoms. The molecule has 1 unspecified atom stereocenters. The van der Waals surface area contributed by atoms with Crippen LogP contribution in [0.5, 0.6) is 0 Å². The average molecular weight is 398 g/mol. The van der Waals surface area contributed by atoms with Crippen molar-refractivity contribution < 1.29 is 13.2 Å². The Hall–Kier alpha value is -2.59. The molecule has 0 spiro atoms. The predicted octanol–water partition coefficient (Wildman–Crippen LogP) is 1.83. The number of halogens is 3. The molecular formula is C17H25F3N8. The summed E-state index contributed by atoms with van der Waals surface area (Å²) in [4.78, 5) is 4.14. The fourth-order valence-corrected chi connectivity index (χ4v) is 3.37. The number of aliphatic imine (C=N–C) groups is 1. The first kappa shape index (κ1) is 20.2. The van der Waals surface area contributed by atoms with Crippen molar-refractivity contribution in [2.24, 2.45) is 12.0 Å². The minimum Gasteiger partial charge on any atom is -0.352 e. The third kappa shape index (κ3) is 4.28. The Bertz CT molecular complexity index is 849. The van der Waals surface area contributed by atoms with Crippen LogP contribution in [0.1, 0.15) is 49.1 Å². The lowest BCUT2D eigenvalue weighted by Gasteiger charge is -2.27. The van der Waals surface area contributed by atoms with E-state index in [9.17, 15) is 13.2 Å². The van der Waals surface area contributed by atoms with Crippen LogP contribution in [0.4, 0.5) is 13.2 Å². The van der Waals surface area contributed by atoms with Gasteiger partial charge >= 0.3 is 6.18 Å². The number of hydrogen-bond acceptors (Lipinski definition) is 4. The summed E-state index contributed by atoms with van der Waals surface area (Å²) in [6.45, 7) is 4.81. The Morgan fingerprint density at radius 1 is 1.36 bits per heavy atom. The molecule has 1 aliphatic rings. The molecule has 8 nitrogen and oxygen atoms in total. The summed E-state index contributed by atoms with van der Waals surface area (Å²) < 4.78 is 42.5. The van der Waals surface area contributed by atoms with Crippen molar-refractivity contribution in [1.29, 1.82) is 0 Å². The van der Waals surface area contributed by atoms with Gasteiger partial charge in [0.2, 0.25) is 0 Å². The van der Waals surface area contributed by atoms with Gasteiger partial charge < -0.3 is 15.2 Å². The van der Waals surface area contributed by atoms with Crippen molar-refractivity contribution in [3.63, 3.8) is 0 Å². The Balaban J connectivity index is 1.64. The van der Waals surface area contributed by atoms with E-state index in [0.29, 0.717) is 12.5 Å². The molecule has 0 bridgehead atoms. The van der Waals surface area contributed by atoms with E-state index in [1.807, 2.05) is 0 Å². The van der Waals surface area contributed by atoms with Gasteiger partial charge in [0.05, 0.1) is 0 Å². The SMILES string of the molecule is CN=C(NCc1cn(C)nc1C(F)(F)F)NC1CCc2nnc(C(C)C)n2C1. The van der Waals surface area contributed by atoms with Gasteiger partial charge in [-0.3, -0.25) is 9.67 Å². The van der Waals surface area contributed by atoms with E-state index in [0.717, 1.165) is 29.2 Å². The lowest BCUT2D eigenvalue weighted by atomic mass is 10.1. The molecule has 1 atom stereocenters. The molecule has 154 valence electrons. The summed E-state index contributed by atoms with van der Waals surface area (Å²) >= 11 is 0. The van der Waals surface area contributed by atoms with E-state index in [4.69, 9.17) is 0 Å². The minimum absolute atomic E-state index is 0.0236. The van der Waals surface area contributed by atoms with Gasteiger partial charge in [0.15, 0.2) is 11.7 Å². The number of guanidine groups is 1. The fourth-order valence-electron chi connectivity index (χ4n) is 3.37. The van der Waals surface area contributed by atoms with Gasteiger partial charge in [-0.05, 0) is 6.42 Å². The number of nitrogens with zero attached hydrogens (tertiary/aromatic N) is 6. The van der Waals surface area contributed by atoms with Crippen molar-refractivity contribution in [3.8, 4) is 0 Å². The van der Waals surface area contributed by atoms with Gasteiger partial charge in [-0.15, -0.1) is 10.2 Å². The maximum Gasteiger partial charge on any atom is 0.435 e. The summed E-state index contributed by atoms with van der Waals surface area (Å²) in [5.74, 6) is 2.62. The highest BCUT2D eigenvalue weighted by Crippen LogP contribution is 2.30.